The number of rotatable bonds is 2. The molecular weight excluding hydrogens is 328 g/mol. The van der Waals surface area contributed by atoms with Crippen molar-refractivity contribution in [3.63, 3.8) is 0 Å². The van der Waals surface area contributed by atoms with Crippen LogP contribution in [-0.2, 0) is 4.74 Å². The van der Waals surface area contributed by atoms with Crippen LogP contribution in [0.4, 0.5) is 0 Å². The highest BCUT2D eigenvalue weighted by atomic mass is 16.5. The Labute approximate surface area is 153 Å². The van der Waals surface area contributed by atoms with Crippen LogP contribution in [-0.4, -0.2) is 48.2 Å². The van der Waals surface area contributed by atoms with Crippen molar-refractivity contribution in [1.82, 2.24) is 9.88 Å². The number of hydrogen-bond acceptors (Lipinski definition) is 4. The summed E-state index contributed by atoms with van der Waals surface area (Å²) in [7, 11) is 1.57. The van der Waals surface area contributed by atoms with Crippen LogP contribution < -0.4 is 4.74 Å². The molecule has 1 aromatic carbocycles. The summed E-state index contributed by atoms with van der Waals surface area (Å²) in [5.74, 6) is 0.503. The zero-order valence-corrected chi connectivity index (χ0v) is 15.3. The van der Waals surface area contributed by atoms with Gasteiger partial charge in [-0.1, -0.05) is 29.8 Å². The summed E-state index contributed by atoms with van der Waals surface area (Å²) >= 11 is 0. The van der Waals surface area contributed by atoms with Crippen molar-refractivity contribution >= 4 is 16.8 Å². The van der Waals surface area contributed by atoms with Gasteiger partial charge >= 0.3 is 0 Å². The molecule has 1 saturated heterocycles. The molecule has 1 spiro atoms. The van der Waals surface area contributed by atoms with Gasteiger partial charge in [-0.05, 0) is 32.3 Å². The number of amides is 1. The number of carbonyl (C=O) groups is 1. The Morgan fingerprint density at radius 1 is 1.27 bits per heavy atom. The summed E-state index contributed by atoms with van der Waals surface area (Å²) in [6.45, 7) is 4.34. The molecule has 5 heteroatoms. The molecule has 0 N–H and O–H groups in total. The fourth-order valence-corrected chi connectivity index (χ4v) is 3.96. The Morgan fingerprint density at radius 3 is 2.77 bits per heavy atom. The summed E-state index contributed by atoms with van der Waals surface area (Å²) in [5.41, 5.74) is 2.63. The second-order valence-corrected chi connectivity index (χ2v) is 7.18. The number of carbonyl (C=O) groups excluding carboxylic acids is 1. The molecule has 0 atom stereocenters. The number of likely N-dealkylation sites (tertiary alicyclic amines) is 1. The van der Waals surface area contributed by atoms with E-state index >= 15 is 0 Å². The molecule has 4 rings (SSSR count). The van der Waals surface area contributed by atoms with Gasteiger partial charge in [0.1, 0.15) is 0 Å². The first-order valence-electron chi connectivity index (χ1n) is 9.16. The van der Waals surface area contributed by atoms with E-state index in [2.05, 4.69) is 18.0 Å². The molecule has 0 saturated carbocycles. The number of pyridine rings is 1. The van der Waals surface area contributed by atoms with Crippen molar-refractivity contribution < 1.29 is 14.3 Å². The van der Waals surface area contributed by atoms with Crippen molar-refractivity contribution in [3.05, 3.63) is 47.5 Å². The Hall–Kier alpha value is -2.40. The molecule has 1 fully saturated rings. The lowest BCUT2D eigenvalue weighted by molar-refractivity contribution is -0.0522. The normalized spacial score (nSPS) is 19.5. The highest BCUT2D eigenvalue weighted by Gasteiger charge is 2.37. The number of fused-ring (bicyclic) bond motifs is 1. The molecule has 136 valence electrons. The molecule has 5 nitrogen and oxygen atoms in total. The first kappa shape index (κ1) is 17.0. The van der Waals surface area contributed by atoms with Crippen molar-refractivity contribution in [2.75, 3.05) is 26.8 Å². The van der Waals surface area contributed by atoms with Crippen molar-refractivity contribution in [2.24, 2.45) is 0 Å². The molecular formula is C21H24N2O3. The number of nitrogens with zero attached hydrogens (tertiary/aromatic N) is 2. The van der Waals surface area contributed by atoms with Gasteiger partial charge in [0, 0.05) is 24.5 Å². The quantitative estimate of drug-likeness (QED) is 0.775. The Bertz CT molecular complexity index is 867. The van der Waals surface area contributed by atoms with Gasteiger partial charge in [-0.3, -0.25) is 4.79 Å². The van der Waals surface area contributed by atoms with Gasteiger partial charge in [0.2, 0.25) is 5.88 Å². The molecule has 0 bridgehead atoms. The minimum absolute atomic E-state index is 0.0354. The van der Waals surface area contributed by atoms with Crippen LogP contribution in [0.25, 0.3) is 10.9 Å². The zero-order chi connectivity index (χ0) is 18.1. The predicted molar refractivity (Wildman–Crippen MR) is 100 cm³/mol. The topological polar surface area (TPSA) is 51.7 Å². The number of aromatic nitrogens is 1. The standard InChI is InChI=1S/C21H24N2O3/c1-15-7-12-26-21(14-15)8-10-23(11-9-21)20(24)17-13-19(25-2)22-18-6-4-3-5-16(17)18/h3-6,13-14H,7-12H2,1-2H3. The SMILES string of the molecule is COc1cc(C(=O)N2CCC3(C=C(C)CCO3)CC2)c2ccccc2n1. The maximum atomic E-state index is 13.2. The summed E-state index contributed by atoms with van der Waals surface area (Å²) < 4.78 is 11.4. The molecule has 2 aliphatic rings. The van der Waals surface area contributed by atoms with E-state index in [1.807, 2.05) is 29.2 Å². The second kappa shape index (κ2) is 6.72. The third-order valence-electron chi connectivity index (χ3n) is 5.42. The molecule has 26 heavy (non-hydrogen) atoms. The van der Waals surface area contributed by atoms with Crippen LogP contribution >= 0.6 is 0 Å². The van der Waals surface area contributed by atoms with E-state index in [-0.39, 0.29) is 11.5 Å². The summed E-state index contributed by atoms with van der Waals surface area (Å²) in [6, 6.07) is 9.45. The number of piperidine rings is 1. The first-order chi connectivity index (χ1) is 12.6. The van der Waals surface area contributed by atoms with Crippen LogP contribution in [0.5, 0.6) is 5.88 Å². The van der Waals surface area contributed by atoms with Crippen molar-refractivity contribution in [1.29, 1.82) is 0 Å². The Kier molecular flexibility index (Phi) is 4.41. The molecule has 3 heterocycles. The molecule has 0 unspecified atom stereocenters. The van der Waals surface area contributed by atoms with E-state index in [4.69, 9.17) is 9.47 Å². The number of benzene rings is 1. The molecule has 0 aliphatic carbocycles. The van der Waals surface area contributed by atoms with E-state index in [9.17, 15) is 4.79 Å². The third kappa shape index (κ3) is 3.07. The Balaban J connectivity index is 1.59. The van der Waals surface area contributed by atoms with Crippen molar-refractivity contribution in [3.8, 4) is 5.88 Å². The van der Waals surface area contributed by atoms with Gasteiger partial charge in [-0.15, -0.1) is 0 Å². The number of methoxy groups -OCH3 is 1. The summed E-state index contributed by atoms with van der Waals surface area (Å²) in [6.07, 6.45) is 4.96. The van der Waals surface area contributed by atoms with Crippen LogP contribution in [0.2, 0.25) is 0 Å². The number of para-hydroxylation sites is 1. The Morgan fingerprint density at radius 2 is 2.04 bits per heavy atom. The predicted octanol–water partition coefficient (Wildman–Crippen LogP) is 3.58. The van der Waals surface area contributed by atoms with Crippen molar-refractivity contribution in [2.45, 2.75) is 31.8 Å². The average Bonchev–Trinajstić information content (AvgIpc) is 2.67. The highest BCUT2D eigenvalue weighted by molar-refractivity contribution is 6.06. The van der Waals surface area contributed by atoms with Gasteiger partial charge in [-0.2, -0.15) is 0 Å². The van der Waals surface area contributed by atoms with E-state index < -0.39 is 0 Å². The lowest BCUT2D eigenvalue weighted by Gasteiger charge is -2.42. The fourth-order valence-electron chi connectivity index (χ4n) is 3.96. The van der Waals surface area contributed by atoms with Gasteiger partial charge in [0.15, 0.2) is 0 Å². The second-order valence-electron chi connectivity index (χ2n) is 7.18. The maximum absolute atomic E-state index is 13.2. The van der Waals surface area contributed by atoms with Crippen LogP contribution in [0, 0.1) is 0 Å². The molecule has 2 aromatic rings. The summed E-state index contributed by atoms with van der Waals surface area (Å²) in [5, 5.41) is 0.864. The molecule has 1 amide bonds. The molecule has 0 radical (unpaired) electrons. The van der Waals surface area contributed by atoms with Gasteiger partial charge in [0.25, 0.3) is 5.91 Å². The fraction of sp³-hybridized carbons (Fsp3) is 0.429. The van der Waals surface area contributed by atoms with Crippen LogP contribution in [0.1, 0.15) is 36.5 Å². The van der Waals surface area contributed by atoms with Gasteiger partial charge in [-0.25, -0.2) is 4.98 Å². The lowest BCUT2D eigenvalue weighted by atomic mass is 9.86. The van der Waals surface area contributed by atoms with Crippen LogP contribution in [0.3, 0.4) is 0 Å². The number of hydrogen-bond donors (Lipinski definition) is 0. The highest BCUT2D eigenvalue weighted by Crippen LogP contribution is 2.34. The maximum Gasteiger partial charge on any atom is 0.254 e. The van der Waals surface area contributed by atoms with Gasteiger partial charge in [0.05, 0.1) is 30.4 Å². The molecule has 2 aliphatic heterocycles. The minimum atomic E-state index is -0.183. The van der Waals surface area contributed by atoms with E-state index in [0.29, 0.717) is 24.5 Å². The minimum Gasteiger partial charge on any atom is -0.481 e. The lowest BCUT2D eigenvalue weighted by Crippen LogP contribution is -2.48. The molecule has 1 aromatic heterocycles. The summed E-state index contributed by atoms with van der Waals surface area (Å²) in [4.78, 5) is 19.6. The number of ether oxygens (including phenoxy) is 2. The van der Waals surface area contributed by atoms with E-state index in [1.165, 1.54) is 5.57 Å². The third-order valence-corrected chi connectivity index (χ3v) is 5.42. The smallest absolute Gasteiger partial charge is 0.254 e. The van der Waals surface area contributed by atoms with E-state index in [0.717, 1.165) is 36.8 Å². The average molecular weight is 352 g/mol. The first-order valence-corrected chi connectivity index (χ1v) is 9.16. The van der Waals surface area contributed by atoms with Gasteiger partial charge < -0.3 is 14.4 Å². The monoisotopic (exact) mass is 352 g/mol. The van der Waals surface area contributed by atoms with Crippen LogP contribution in [0.15, 0.2) is 42.0 Å². The largest absolute Gasteiger partial charge is 0.481 e. The van der Waals surface area contributed by atoms with E-state index in [1.54, 1.807) is 13.2 Å². The zero-order valence-electron chi connectivity index (χ0n) is 15.3.